The molecule has 0 saturated carbocycles. The molecule has 0 atom stereocenters. The van der Waals surface area contributed by atoms with Crippen LogP contribution in [0.4, 0.5) is 5.69 Å². The van der Waals surface area contributed by atoms with E-state index < -0.39 is 0 Å². The second-order valence-electron chi connectivity index (χ2n) is 6.91. The molecule has 0 unspecified atom stereocenters. The van der Waals surface area contributed by atoms with Crippen molar-refractivity contribution in [3.8, 4) is 11.5 Å². The van der Waals surface area contributed by atoms with Gasteiger partial charge < -0.3 is 14.4 Å². The Kier molecular flexibility index (Phi) is 6.01. The summed E-state index contributed by atoms with van der Waals surface area (Å²) in [4.78, 5) is 17.0. The summed E-state index contributed by atoms with van der Waals surface area (Å²) < 4.78 is 10.8. The topological polar surface area (TPSA) is 42.0 Å². The van der Waals surface area contributed by atoms with E-state index in [0.29, 0.717) is 13.1 Å². The van der Waals surface area contributed by atoms with Gasteiger partial charge in [-0.1, -0.05) is 12.1 Å². The lowest BCUT2D eigenvalue weighted by Crippen LogP contribution is -2.42. The van der Waals surface area contributed by atoms with Crippen LogP contribution in [-0.2, 0) is 17.8 Å². The number of hydrogen-bond acceptors (Lipinski definition) is 4. The van der Waals surface area contributed by atoms with Gasteiger partial charge in [0.15, 0.2) is 11.5 Å². The van der Waals surface area contributed by atoms with E-state index in [1.807, 2.05) is 43.0 Å². The molecule has 0 N–H and O–H groups in total. The standard InChI is InChI=1S/C22H28N2O3/c1-5-24(19-8-6-7-16(2)11-19)22(25)15-23-10-9-17-12-20(26-3)21(27-4)13-18(17)14-23/h6-8,11-13H,5,9-10,14-15H2,1-4H3. The molecule has 5 heteroatoms. The maximum absolute atomic E-state index is 12.9. The molecular formula is C22H28N2O3. The third kappa shape index (κ3) is 4.25. The minimum absolute atomic E-state index is 0.132. The number of hydrogen-bond donors (Lipinski definition) is 0. The quantitative estimate of drug-likeness (QED) is 0.783. The van der Waals surface area contributed by atoms with Crippen LogP contribution in [0.25, 0.3) is 0 Å². The highest BCUT2D eigenvalue weighted by atomic mass is 16.5. The summed E-state index contributed by atoms with van der Waals surface area (Å²) in [6.07, 6.45) is 0.902. The molecule has 0 aliphatic carbocycles. The minimum Gasteiger partial charge on any atom is -0.493 e. The van der Waals surface area contributed by atoms with Crippen molar-refractivity contribution in [1.29, 1.82) is 0 Å². The first kappa shape index (κ1) is 19.2. The SMILES string of the molecule is CCN(C(=O)CN1CCc2cc(OC)c(OC)cc2C1)c1cccc(C)c1. The highest BCUT2D eigenvalue weighted by Gasteiger charge is 2.23. The number of anilines is 1. The molecule has 2 aromatic rings. The van der Waals surface area contributed by atoms with Crippen LogP contribution < -0.4 is 14.4 Å². The Morgan fingerprint density at radius 1 is 1.11 bits per heavy atom. The van der Waals surface area contributed by atoms with Crippen molar-refractivity contribution in [3.05, 3.63) is 53.1 Å². The molecule has 1 aliphatic rings. The van der Waals surface area contributed by atoms with Crippen LogP contribution in [0.15, 0.2) is 36.4 Å². The van der Waals surface area contributed by atoms with E-state index in [1.54, 1.807) is 14.2 Å². The lowest BCUT2D eigenvalue weighted by atomic mass is 9.98. The zero-order valence-electron chi connectivity index (χ0n) is 16.6. The highest BCUT2D eigenvalue weighted by molar-refractivity contribution is 5.94. The van der Waals surface area contributed by atoms with Crippen LogP contribution in [-0.4, -0.2) is 44.7 Å². The number of likely N-dealkylation sites (N-methyl/N-ethyl adjacent to an activating group) is 1. The van der Waals surface area contributed by atoms with Crippen molar-refractivity contribution < 1.29 is 14.3 Å². The van der Waals surface area contributed by atoms with Crippen LogP contribution >= 0.6 is 0 Å². The smallest absolute Gasteiger partial charge is 0.241 e. The number of aryl methyl sites for hydroxylation is 1. The average Bonchev–Trinajstić information content (AvgIpc) is 2.67. The van der Waals surface area contributed by atoms with Gasteiger partial charge in [-0.2, -0.15) is 0 Å². The molecule has 1 aliphatic heterocycles. The summed E-state index contributed by atoms with van der Waals surface area (Å²) in [5.74, 6) is 1.63. The summed E-state index contributed by atoms with van der Waals surface area (Å²) in [5, 5.41) is 0. The van der Waals surface area contributed by atoms with Crippen LogP contribution in [0.5, 0.6) is 11.5 Å². The van der Waals surface area contributed by atoms with Gasteiger partial charge in [-0.25, -0.2) is 0 Å². The summed E-state index contributed by atoms with van der Waals surface area (Å²) in [6.45, 7) is 6.74. The van der Waals surface area contributed by atoms with Crippen molar-refractivity contribution in [2.45, 2.75) is 26.8 Å². The van der Waals surface area contributed by atoms with E-state index in [4.69, 9.17) is 9.47 Å². The van der Waals surface area contributed by atoms with E-state index in [-0.39, 0.29) is 5.91 Å². The van der Waals surface area contributed by atoms with Gasteiger partial charge in [0.05, 0.1) is 20.8 Å². The fourth-order valence-electron chi connectivity index (χ4n) is 3.65. The summed E-state index contributed by atoms with van der Waals surface area (Å²) in [5.41, 5.74) is 4.59. The number of benzene rings is 2. The third-order valence-corrected chi connectivity index (χ3v) is 5.09. The highest BCUT2D eigenvalue weighted by Crippen LogP contribution is 2.33. The monoisotopic (exact) mass is 368 g/mol. The van der Waals surface area contributed by atoms with Gasteiger partial charge in [0.1, 0.15) is 0 Å². The van der Waals surface area contributed by atoms with Gasteiger partial charge in [0.25, 0.3) is 0 Å². The molecule has 2 aromatic carbocycles. The number of amides is 1. The molecular weight excluding hydrogens is 340 g/mol. The van der Waals surface area contributed by atoms with E-state index in [9.17, 15) is 4.79 Å². The van der Waals surface area contributed by atoms with Crippen molar-refractivity contribution in [3.63, 3.8) is 0 Å². The van der Waals surface area contributed by atoms with Crippen molar-refractivity contribution in [2.24, 2.45) is 0 Å². The predicted molar refractivity (Wildman–Crippen MR) is 108 cm³/mol. The molecule has 0 spiro atoms. The molecule has 1 amide bonds. The first-order valence-corrected chi connectivity index (χ1v) is 9.38. The Morgan fingerprint density at radius 2 is 1.81 bits per heavy atom. The molecule has 0 fully saturated rings. The molecule has 1 heterocycles. The molecule has 0 radical (unpaired) electrons. The number of carbonyl (C=O) groups excluding carboxylic acids is 1. The van der Waals surface area contributed by atoms with E-state index in [2.05, 4.69) is 17.0 Å². The van der Waals surface area contributed by atoms with Crippen LogP contribution in [0.2, 0.25) is 0 Å². The molecule has 3 rings (SSSR count). The Morgan fingerprint density at radius 3 is 2.44 bits per heavy atom. The van der Waals surface area contributed by atoms with Crippen LogP contribution in [0.3, 0.4) is 0 Å². The molecule has 0 saturated heterocycles. The summed E-state index contributed by atoms with van der Waals surface area (Å²) in [6, 6.07) is 12.2. The first-order chi connectivity index (χ1) is 13.0. The van der Waals surface area contributed by atoms with E-state index in [0.717, 1.165) is 42.3 Å². The van der Waals surface area contributed by atoms with Gasteiger partial charge >= 0.3 is 0 Å². The van der Waals surface area contributed by atoms with Crippen molar-refractivity contribution in [2.75, 3.05) is 38.8 Å². The second-order valence-corrected chi connectivity index (χ2v) is 6.91. The molecule has 0 aromatic heterocycles. The van der Waals surface area contributed by atoms with Gasteiger partial charge in [0, 0.05) is 25.3 Å². The van der Waals surface area contributed by atoms with Crippen molar-refractivity contribution in [1.82, 2.24) is 4.90 Å². The third-order valence-electron chi connectivity index (χ3n) is 5.09. The maximum Gasteiger partial charge on any atom is 0.241 e. The minimum atomic E-state index is 0.132. The van der Waals surface area contributed by atoms with Crippen molar-refractivity contribution >= 4 is 11.6 Å². The number of fused-ring (bicyclic) bond motifs is 1. The van der Waals surface area contributed by atoms with E-state index in [1.165, 1.54) is 11.1 Å². The van der Waals surface area contributed by atoms with Crippen LogP contribution in [0.1, 0.15) is 23.6 Å². The lowest BCUT2D eigenvalue weighted by Gasteiger charge is -2.31. The van der Waals surface area contributed by atoms with E-state index >= 15 is 0 Å². The number of methoxy groups -OCH3 is 2. The fourth-order valence-corrected chi connectivity index (χ4v) is 3.65. The Balaban J connectivity index is 1.72. The average molecular weight is 368 g/mol. The number of ether oxygens (including phenoxy) is 2. The molecule has 27 heavy (non-hydrogen) atoms. The maximum atomic E-state index is 12.9. The number of rotatable bonds is 6. The number of nitrogens with zero attached hydrogens (tertiary/aromatic N) is 2. The molecule has 0 bridgehead atoms. The Bertz CT molecular complexity index is 819. The fraction of sp³-hybridized carbons (Fsp3) is 0.409. The predicted octanol–water partition coefficient (Wildman–Crippen LogP) is 3.42. The summed E-state index contributed by atoms with van der Waals surface area (Å²) >= 11 is 0. The normalized spacial score (nSPS) is 13.8. The second kappa shape index (κ2) is 8.44. The molecule has 144 valence electrons. The van der Waals surface area contributed by atoms with Gasteiger partial charge in [0.2, 0.25) is 5.91 Å². The van der Waals surface area contributed by atoms with Crippen LogP contribution in [0, 0.1) is 6.92 Å². The molecule has 5 nitrogen and oxygen atoms in total. The lowest BCUT2D eigenvalue weighted by molar-refractivity contribution is -0.119. The van der Waals surface area contributed by atoms with Gasteiger partial charge in [-0.3, -0.25) is 9.69 Å². The largest absolute Gasteiger partial charge is 0.493 e. The zero-order chi connectivity index (χ0) is 19.4. The Hall–Kier alpha value is -2.53. The first-order valence-electron chi connectivity index (χ1n) is 9.38. The number of carbonyl (C=O) groups is 1. The van der Waals surface area contributed by atoms with Gasteiger partial charge in [-0.15, -0.1) is 0 Å². The zero-order valence-corrected chi connectivity index (χ0v) is 16.6. The summed E-state index contributed by atoms with van der Waals surface area (Å²) in [7, 11) is 3.30. The van der Waals surface area contributed by atoms with Gasteiger partial charge in [-0.05, 0) is 61.2 Å². The Labute approximate surface area is 161 Å².